The molecular formula is C11H20NNaO3S2. The number of carbonyl (C=O) groups is 2. The standard InChI is InChI=1S/C11H21NO3S2.Na/c1-8(11(14)15)12-10(13)5-3-2-4-9(17)6-7-16;/h8-9,16-17H,2-7H2,1H3,(H,12,13)(H,14,15);/q;+1/p-1/t8-,9?;/m0./s1. The topological polar surface area (TPSA) is 69.2 Å². The number of hydrogen-bond donors (Lipinski definition) is 3. The number of unbranched alkanes of at least 4 members (excludes halogenated alkanes) is 1. The molecule has 0 rings (SSSR count). The Hall–Kier alpha value is 0.640. The van der Waals surface area contributed by atoms with E-state index in [0.717, 1.165) is 31.4 Å². The summed E-state index contributed by atoms with van der Waals surface area (Å²) in [6.45, 7) is 1.39. The summed E-state index contributed by atoms with van der Waals surface area (Å²) in [7, 11) is 0. The van der Waals surface area contributed by atoms with Gasteiger partial charge in [-0.05, 0) is 31.9 Å². The van der Waals surface area contributed by atoms with Crippen LogP contribution in [0.4, 0.5) is 0 Å². The van der Waals surface area contributed by atoms with Crippen LogP contribution in [0, 0.1) is 0 Å². The number of amides is 1. The Kier molecular flexibility index (Phi) is 14.7. The molecule has 0 fully saturated rings. The maximum atomic E-state index is 11.3. The molecule has 0 bridgehead atoms. The number of aliphatic carboxylic acids is 1. The molecule has 1 unspecified atom stereocenters. The number of rotatable bonds is 9. The molecule has 0 heterocycles. The number of hydrogen-bond acceptors (Lipinski definition) is 5. The Labute approximate surface area is 142 Å². The van der Waals surface area contributed by atoms with E-state index in [1.807, 2.05) is 0 Å². The summed E-state index contributed by atoms with van der Waals surface area (Å²) in [5.41, 5.74) is 0. The molecule has 0 aliphatic rings. The first kappa shape index (κ1) is 20.9. The van der Waals surface area contributed by atoms with Crippen LogP contribution in [-0.4, -0.2) is 28.9 Å². The van der Waals surface area contributed by atoms with Crippen molar-refractivity contribution in [1.82, 2.24) is 5.32 Å². The van der Waals surface area contributed by atoms with E-state index in [1.54, 1.807) is 0 Å². The molecule has 7 heteroatoms. The van der Waals surface area contributed by atoms with Gasteiger partial charge in [-0.1, -0.05) is 6.42 Å². The van der Waals surface area contributed by atoms with Crippen molar-refractivity contribution in [2.75, 3.05) is 5.75 Å². The molecule has 0 spiro atoms. The molecule has 0 aromatic rings. The number of thiol groups is 2. The molecule has 0 aliphatic carbocycles. The minimum absolute atomic E-state index is 0. The zero-order valence-corrected chi connectivity index (χ0v) is 14.8. The number of carboxylic acids is 1. The Morgan fingerprint density at radius 1 is 1.28 bits per heavy atom. The van der Waals surface area contributed by atoms with E-state index in [9.17, 15) is 14.7 Å². The Balaban J connectivity index is 0. The molecule has 0 aliphatic heterocycles. The van der Waals surface area contributed by atoms with Gasteiger partial charge in [0, 0.05) is 11.7 Å². The van der Waals surface area contributed by atoms with Crippen LogP contribution in [-0.2, 0) is 9.59 Å². The maximum Gasteiger partial charge on any atom is 1.00 e. The van der Waals surface area contributed by atoms with Crippen molar-refractivity contribution < 1.29 is 44.3 Å². The monoisotopic (exact) mass is 301 g/mol. The van der Waals surface area contributed by atoms with Crippen molar-refractivity contribution in [3.8, 4) is 0 Å². The van der Waals surface area contributed by atoms with Gasteiger partial charge in [0.05, 0.1) is 12.0 Å². The van der Waals surface area contributed by atoms with Gasteiger partial charge < -0.3 is 15.2 Å². The van der Waals surface area contributed by atoms with E-state index in [1.165, 1.54) is 6.92 Å². The zero-order chi connectivity index (χ0) is 13.3. The predicted octanol–water partition coefficient (Wildman–Crippen LogP) is -2.58. The maximum absolute atomic E-state index is 11.3. The van der Waals surface area contributed by atoms with Gasteiger partial charge in [-0.15, -0.1) is 0 Å². The molecule has 0 aromatic heterocycles. The fourth-order valence-electron chi connectivity index (χ4n) is 1.33. The van der Waals surface area contributed by atoms with Crippen LogP contribution >= 0.6 is 25.3 Å². The first-order valence-corrected chi connectivity index (χ1v) is 6.91. The SMILES string of the molecule is C[C@H](NC(=O)CCCCC(S)CCS)C(=O)[O-].[Na+]. The van der Waals surface area contributed by atoms with Crippen molar-refractivity contribution in [1.29, 1.82) is 0 Å². The van der Waals surface area contributed by atoms with Crippen molar-refractivity contribution in [3.05, 3.63) is 0 Å². The summed E-state index contributed by atoms with van der Waals surface area (Å²) < 4.78 is 0. The second-order valence-corrected chi connectivity index (χ2v) is 5.20. The van der Waals surface area contributed by atoms with Crippen LogP contribution in [0.5, 0.6) is 0 Å². The Morgan fingerprint density at radius 2 is 1.89 bits per heavy atom. The van der Waals surface area contributed by atoms with E-state index in [-0.39, 0.29) is 35.5 Å². The van der Waals surface area contributed by atoms with Gasteiger partial charge in [-0.25, -0.2) is 0 Å². The van der Waals surface area contributed by atoms with Crippen molar-refractivity contribution in [2.45, 2.75) is 50.3 Å². The minimum atomic E-state index is -1.26. The van der Waals surface area contributed by atoms with E-state index in [2.05, 4.69) is 30.6 Å². The number of carboxylic acid groups (broad SMARTS) is 1. The van der Waals surface area contributed by atoms with Crippen molar-refractivity contribution >= 4 is 37.1 Å². The fourth-order valence-corrected chi connectivity index (χ4v) is 2.16. The van der Waals surface area contributed by atoms with E-state index < -0.39 is 12.0 Å². The summed E-state index contributed by atoms with van der Waals surface area (Å²) in [6.07, 6.45) is 3.91. The summed E-state index contributed by atoms with van der Waals surface area (Å²) >= 11 is 8.50. The second-order valence-electron chi connectivity index (χ2n) is 4.02. The van der Waals surface area contributed by atoms with Crippen molar-refractivity contribution in [3.63, 3.8) is 0 Å². The summed E-state index contributed by atoms with van der Waals surface area (Å²) in [4.78, 5) is 21.7. The molecule has 100 valence electrons. The number of nitrogens with one attached hydrogen (secondary N) is 1. The summed E-state index contributed by atoms with van der Waals surface area (Å²) in [5, 5.41) is 13.1. The Bertz CT molecular complexity index is 254. The van der Waals surface area contributed by atoms with Crippen LogP contribution in [0.1, 0.15) is 39.0 Å². The Morgan fingerprint density at radius 3 is 2.39 bits per heavy atom. The zero-order valence-electron chi connectivity index (χ0n) is 11.0. The summed E-state index contributed by atoms with van der Waals surface area (Å²) in [6, 6.07) is -0.927. The molecule has 0 saturated heterocycles. The quantitative estimate of drug-likeness (QED) is 0.249. The van der Waals surface area contributed by atoms with Gasteiger partial charge in [0.2, 0.25) is 5.91 Å². The average molecular weight is 301 g/mol. The van der Waals surface area contributed by atoms with Gasteiger partial charge >= 0.3 is 29.6 Å². The third-order valence-electron chi connectivity index (χ3n) is 2.38. The van der Waals surface area contributed by atoms with Gasteiger partial charge in [0.25, 0.3) is 0 Å². The average Bonchev–Trinajstić information content (AvgIpc) is 2.24. The van der Waals surface area contributed by atoms with E-state index >= 15 is 0 Å². The largest absolute Gasteiger partial charge is 1.00 e. The molecule has 1 N–H and O–H groups in total. The van der Waals surface area contributed by atoms with Crippen molar-refractivity contribution in [2.24, 2.45) is 0 Å². The normalized spacial score (nSPS) is 13.3. The molecule has 4 nitrogen and oxygen atoms in total. The van der Waals surface area contributed by atoms with Gasteiger partial charge in [-0.3, -0.25) is 4.79 Å². The smallest absolute Gasteiger partial charge is 0.548 e. The first-order valence-electron chi connectivity index (χ1n) is 5.76. The van der Waals surface area contributed by atoms with Gasteiger partial charge in [0.1, 0.15) is 0 Å². The second kappa shape index (κ2) is 12.7. The van der Waals surface area contributed by atoms with Crippen LogP contribution in [0.3, 0.4) is 0 Å². The third kappa shape index (κ3) is 11.7. The predicted molar refractivity (Wildman–Crippen MR) is 72.3 cm³/mol. The minimum Gasteiger partial charge on any atom is -0.548 e. The third-order valence-corrected chi connectivity index (χ3v) is 3.16. The molecule has 0 aromatic carbocycles. The van der Waals surface area contributed by atoms with Gasteiger partial charge in [0.15, 0.2) is 0 Å². The van der Waals surface area contributed by atoms with Gasteiger partial charge in [-0.2, -0.15) is 25.3 Å². The summed E-state index contributed by atoms with van der Waals surface area (Å²) in [5.74, 6) is -0.688. The van der Waals surface area contributed by atoms with E-state index in [0.29, 0.717) is 11.7 Å². The van der Waals surface area contributed by atoms with Crippen LogP contribution in [0.25, 0.3) is 0 Å². The molecule has 1 amide bonds. The van der Waals surface area contributed by atoms with Crippen LogP contribution < -0.4 is 40.0 Å². The van der Waals surface area contributed by atoms with Crippen LogP contribution in [0.2, 0.25) is 0 Å². The first-order chi connectivity index (χ1) is 7.97. The molecule has 0 saturated carbocycles. The number of carbonyl (C=O) groups excluding carboxylic acids is 2. The fraction of sp³-hybridized carbons (Fsp3) is 0.818. The molecule has 2 atom stereocenters. The van der Waals surface area contributed by atoms with E-state index in [4.69, 9.17) is 0 Å². The molecule has 0 radical (unpaired) electrons. The van der Waals surface area contributed by atoms with Crippen LogP contribution in [0.15, 0.2) is 0 Å². The molecule has 18 heavy (non-hydrogen) atoms. The molecular weight excluding hydrogens is 281 g/mol.